The summed E-state index contributed by atoms with van der Waals surface area (Å²) in [5, 5.41) is 3.78. The van der Waals surface area contributed by atoms with Crippen LogP contribution >= 0.6 is 0 Å². The second kappa shape index (κ2) is 7.53. The van der Waals surface area contributed by atoms with Gasteiger partial charge < -0.3 is 0 Å². The Labute approximate surface area is 157 Å². The van der Waals surface area contributed by atoms with E-state index < -0.39 is 15.4 Å². The van der Waals surface area contributed by atoms with Crippen molar-refractivity contribution >= 4 is 9.84 Å². The average molecular weight is 372 g/mol. The molecule has 0 saturated heterocycles. The molecule has 0 amide bonds. The highest BCUT2D eigenvalue weighted by atomic mass is 32.2. The first-order valence-corrected chi connectivity index (χ1v) is 11.2. The van der Waals surface area contributed by atoms with E-state index in [1.54, 1.807) is 6.07 Å². The minimum absolute atomic E-state index is 0.114. The fraction of sp³-hybridized carbons (Fsp3) is 0.455. The first kappa shape index (κ1) is 19.1. The molecule has 4 heteroatoms. The van der Waals surface area contributed by atoms with Crippen LogP contribution in [0.2, 0.25) is 0 Å². The van der Waals surface area contributed by atoms with E-state index in [-0.39, 0.29) is 11.8 Å². The number of sulfone groups is 1. The number of rotatable bonds is 5. The second-order valence-corrected chi connectivity index (χ2v) is 9.81. The molecular formula is C22H29NO2S. The SMILES string of the molecule is CC[C@@]1(CCC(C)C)CS(=O)(=O)c2ccccc2[C@H](c2ccccc2)N1. The van der Waals surface area contributed by atoms with Crippen molar-refractivity contribution in [3.8, 4) is 0 Å². The van der Waals surface area contributed by atoms with Crippen molar-refractivity contribution in [2.75, 3.05) is 5.75 Å². The first-order chi connectivity index (χ1) is 12.4. The molecule has 0 saturated carbocycles. The van der Waals surface area contributed by atoms with E-state index in [1.165, 1.54) is 0 Å². The molecule has 3 rings (SSSR count). The maximum absolute atomic E-state index is 13.2. The van der Waals surface area contributed by atoms with E-state index in [9.17, 15) is 8.42 Å². The zero-order chi connectivity index (χ0) is 18.8. The van der Waals surface area contributed by atoms with Gasteiger partial charge in [-0.1, -0.05) is 69.3 Å². The van der Waals surface area contributed by atoms with Crippen LogP contribution in [0.4, 0.5) is 0 Å². The summed E-state index contributed by atoms with van der Waals surface area (Å²) >= 11 is 0. The Bertz CT molecular complexity index is 845. The van der Waals surface area contributed by atoms with E-state index in [2.05, 4.69) is 38.2 Å². The van der Waals surface area contributed by atoms with Crippen LogP contribution in [0.1, 0.15) is 57.2 Å². The molecule has 3 nitrogen and oxygen atoms in total. The quantitative estimate of drug-likeness (QED) is 0.826. The third-order valence-corrected chi connectivity index (χ3v) is 7.47. The lowest BCUT2D eigenvalue weighted by Gasteiger charge is -2.36. The molecule has 2 aromatic rings. The molecule has 1 aliphatic rings. The molecule has 1 aliphatic heterocycles. The summed E-state index contributed by atoms with van der Waals surface area (Å²) in [7, 11) is -3.35. The number of hydrogen-bond acceptors (Lipinski definition) is 3. The predicted octanol–water partition coefficient (Wildman–Crippen LogP) is 4.74. The summed E-state index contributed by atoms with van der Waals surface area (Å²) in [5.74, 6) is 0.701. The second-order valence-electron chi connectivity index (χ2n) is 7.85. The van der Waals surface area contributed by atoms with Crippen molar-refractivity contribution in [3.05, 3.63) is 65.7 Å². The van der Waals surface area contributed by atoms with Crippen molar-refractivity contribution < 1.29 is 8.42 Å². The summed E-state index contributed by atoms with van der Waals surface area (Å²) < 4.78 is 26.5. The van der Waals surface area contributed by atoms with E-state index in [0.717, 1.165) is 30.4 Å². The Morgan fingerprint density at radius 3 is 2.38 bits per heavy atom. The Hall–Kier alpha value is -1.65. The summed E-state index contributed by atoms with van der Waals surface area (Å²) in [6.45, 7) is 6.48. The van der Waals surface area contributed by atoms with E-state index in [1.807, 2.05) is 36.4 Å². The highest BCUT2D eigenvalue weighted by Crippen LogP contribution is 2.38. The maximum atomic E-state index is 13.2. The molecule has 0 radical (unpaired) electrons. The fourth-order valence-corrected chi connectivity index (χ4v) is 6.01. The number of hydrogen-bond donors (Lipinski definition) is 1. The smallest absolute Gasteiger partial charge is 0.180 e. The summed E-state index contributed by atoms with van der Waals surface area (Å²) in [6.07, 6.45) is 2.65. The third kappa shape index (κ3) is 3.86. The van der Waals surface area contributed by atoms with Crippen LogP contribution in [0.25, 0.3) is 0 Å². The zero-order valence-electron chi connectivity index (χ0n) is 15.9. The Morgan fingerprint density at radius 1 is 1.08 bits per heavy atom. The lowest BCUT2D eigenvalue weighted by atomic mass is 9.86. The van der Waals surface area contributed by atoms with Crippen LogP contribution < -0.4 is 5.32 Å². The molecule has 2 aromatic carbocycles. The molecular weight excluding hydrogens is 342 g/mol. The third-order valence-electron chi connectivity index (χ3n) is 5.49. The molecule has 0 fully saturated rings. The average Bonchev–Trinajstić information content (AvgIpc) is 2.74. The van der Waals surface area contributed by atoms with Crippen molar-refractivity contribution in [1.29, 1.82) is 0 Å². The van der Waals surface area contributed by atoms with Crippen LogP contribution in [0.3, 0.4) is 0 Å². The molecule has 0 aromatic heterocycles. The van der Waals surface area contributed by atoms with Gasteiger partial charge in [-0.3, -0.25) is 5.32 Å². The lowest BCUT2D eigenvalue weighted by molar-refractivity contribution is 0.282. The molecule has 2 atom stereocenters. The van der Waals surface area contributed by atoms with Crippen molar-refractivity contribution in [2.24, 2.45) is 5.92 Å². The largest absolute Gasteiger partial charge is 0.300 e. The normalized spacial score (nSPS) is 24.8. The van der Waals surface area contributed by atoms with Gasteiger partial charge in [0.1, 0.15) is 0 Å². The molecule has 1 heterocycles. The van der Waals surface area contributed by atoms with Crippen molar-refractivity contribution in [1.82, 2.24) is 5.32 Å². The van der Waals surface area contributed by atoms with Crippen molar-refractivity contribution in [2.45, 2.75) is 56.5 Å². The standard InChI is InChI=1S/C22H29NO2S/c1-4-22(15-14-17(2)3)16-26(24,25)20-13-9-8-12-19(20)21(23-22)18-10-6-5-7-11-18/h5-13,17,21,23H,4,14-16H2,1-3H3/t21-,22+/m0/s1. The topological polar surface area (TPSA) is 46.2 Å². The summed E-state index contributed by atoms with van der Waals surface area (Å²) in [5.41, 5.74) is 1.56. The molecule has 0 aliphatic carbocycles. The molecule has 0 bridgehead atoms. The summed E-state index contributed by atoms with van der Waals surface area (Å²) in [6, 6.07) is 17.5. The van der Waals surface area contributed by atoms with E-state index in [4.69, 9.17) is 0 Å². The van der Waals surface area contributed by atoms with Gasteiger partial charge in [-0.05, 0) is 42.4 Å². The Morgan fingerprint density at radius 2 is 1.73 bits per heavy atom. The highest BCUT2D eigenvalue weighted by molar-refractivity contribution is 7.91. The molecule has 140 valence electrons. The number of fused-ring (bicyclic) bond motifs is 1. The minimum Gasteiger partial charge on any atom is -0.300 e. The van der Waals surface area contributed by atoms with Gasteiger partial charge in [0, 0.05) is 5.54 Å². The lowest BCUT2D eigenvalue weighted by Crippen LogP contribution is -2.50. The van der Waals surface area contributed by atoms with Gasteiger partial charge in [0.15, 0.2) is 9.84 Å². The van der Waals surface area contributed by atoms with Gasteiger partial charge in [0.2, 0.25) is 0 Å². The predicted molar refractivity (Wildman–Crippen MR) is 107 cm³/mol. The van der Waals surface area contributed by atoms with Gasteiger partial charge >= 0.3 is 0 Å². The number of nitrogens with one attached hydrogen (secondary N) is 1. The van der Waals surface area contributed by atoms with Gasteiger partial charge in [-0.15, -0.1) is 0 Å². The Kier molecular flexibility index (Phi) is 5.54. The van der Waals surface area contributed by atoms with E-state index in [0.29, 0.717) is 10.8 Å². The monoisotopic (exact) mass is 371 g/mol. The fourth-order valence-electron chi connectivity index (χ4n) is 3.87. The van der Waals surface area contributed by atoms with Crippen LogP contribution in [0, 0.1) is 5.92 Å². The van der Waals surface area contributed by atoms with Gasteiger partial charge in [0.25, 0.3) is 0 Å². The molecule has 26 heavy (non-hydrogen) atoms. The highest BCUT2D eigenvalue weighted by Gasteiger charge is 2.41. The van der Waals surface area contributed by atoms with Gasteiger partial charge in [0.05, 0.1) is 16.7 Å². The molecule has 1 N–H and O–H groups in total. The van der Waals surface area contributed by atoms with E-state index >= 15 is 0 Å². The van der Waals surface area contributed by atoms with Gasteiger partial charge in [-0.2, -0.15) is 0 Å². The molecule has 0 spiro atoms. The maximum Gasteiger partial charge on any atom is 0.180 e. The molecule has 0 unspecified atom stereocenters. The number of benzene rings is 2. The minimum atomic E-state index is -3.35. The zero-order valence-corrected chi connectivity index (χ0v) is 16.7. The van der Waals surface area contributed by atoms with Crippen LogP contribution in [0.15, 0.2) is 59.5 Å². The summed E-state index contributed by atoms with van der Waals surface area (Å²) in [4.78, 5) is 0.473. The van der Waals surface area contributed by atoms with Crippen molar-refractivity contribution in [3.63, 3.8) is 0 Å². The van der Waals surface area contributed by atoms with Gasteiger partial charge in [-0.25, -0.2) is 8.42 Å². The van der Waals surface area contributed by atoms with Crippen LogP contribution in [-0.4, -0.2) is 19.7 Å². The van der Waals surface area contributed by atoms with Crippen LogP contribution in [-0.2, 0) is 9.84 Å². The van der Waals surface area contributed by atoms with Crippen LogP contribution in [0.5, 0.6) is 0 Å². The Balaban J connectivity index is 2.14. The first-order valence-electron chi connectivity index (χ1n) is 9.51.